The second kappa shape index (κ2) is 36.9. The molecule has 0 radical (unpaired) electrons. The number of nitrogens with two attached hydrogens (primary N) is 1. The highest BCUT2D eigenvalue weighted by Gasteiger charge is 2.42. The second-order valence-corrected chi connectivity index (χ2v) is 37.2. The molecule has 0 amide bonds. The molecule has 6 aromatic heterocycles. The van der Waals surface area contributed by atoms with Crippen molar-refractivity contribution in [2.75, 3.05) is 94.5 Å². The summed E-state index contributed by atoms with van der Waals surface area (Å²) in [6, 6.07) is 0. The Balaban J connectivity index is 0.000000311. The maximum atomic E-state index is 10.5. The van der Waals surface area contributed by atoms with Gasteiger partial charge < -0.3 is 74.3 Å². The predicted octanol–water partition coefficient (Wildman–Crippen LogP) is 5.43. The highest BCUT2D eigenvalue weighted by atomic mass is 79.9. The molecular formula is C57H98BrClN18O12Si2. The lowest BCUT2D eigenvalue weighted by Gasteiger charge is -2.37. The molecule has 6 aromatic rings. The number of fused-ring (bicyclic) bond motifs is 3. The molecule has 3 fully saturated rings. The third-order valence-electron chi connectivity index (χ3n) is 14.9. The summed E-state index contributed by atoms with van der Waals surface area (Å²) in [6.07, 6.45) is 13.3. The Labute approximate surface area is 549 Å². The summed E-state index contributed by atoms with van der Waals surface area (Å²) in [5.74, 6) is 3.62. The van der Waals surface area contributed by atoms with Gasteiger partial charge in [-0.3, -0.25) is 18.6 Å². The molecule has 34 heteroatoms. The van der Waals surface area contributed by atoms with Crippen LogP contribution in [0.4, 0.5) is 17.5 Å². The van der Waals surface area contributed by atoms with Crippen LogP contribution in [0, 0.1) is 12.3 Å². The number of aromatic nitrogens is 12. The Morgan fingerprint density at radius 2 is 1.00 bits per heavy atom. The van der Waals surface area contributed by atoms with Crippen molar-refractivity contribution in [3.63, 3.8) is 0 Å². The second-order valence-electron chi connectivity index (χ2n) is 24.6. The SMILES string of the molecule is C#CCBr.CC(C)(C)[Si](C)(C)Cl.CN(C)C=Nc1ncnc2c1ncn2[C@H]1C[C@@H](O)[C@@H](CO)O1.CN(C)C=Nc1ncnc2c1ncn2[C@H]1C[C@@H](O)[C@@H](CO[Si](C)(C)C(C)(C)C)O1.CO.COC(OC)N(C)C.Nc1ncnc2c1ncn2[C@H]1C[C@@H](O)[C@@H](CO)O1. The van der Waals surface area contributed by atoms with E-state index in [1.165, 1.54) is 19.0 Å². The molecule has 30 nitrogen and oxygen atoms in total. The number of hydrogen-bond acceptors (Lipinski definition) is 25. The number of alkyl halides is 1. The van der Waals surface area contributed by atoms with Crippen molar-refractivity contribution in [2.24, 2.45) is 9.98 Å². The fourth-order valence-corrected chi connectivity index (χ4v) is 8.89. The number of nitrogens with zero attached hydrogens (tertiary/aromatic N) is 17. The van der Waals surface area contributed by atoms with Gasteiger partial charge in [-0.05, 0) is 37.3 Å². The van der Waals surface area contributed by atoms with Gasteiger partial charge in [-0.25, -0.2) is 54.8 Å². The minimum absolute atomic E-state index is 0.108. The monoisotopic (exact) mass is 1400 g/mol. The van der Waals surface area contributed by atoms with Crippen LogP contribution in [-0.2, 0) is 28.1 Å². The van der Waals surface area contributed by atoms with Gasteiger partial charge in [0.2, 0.25) is 6.41 Å². The van der Waals surface area contributed by atoms with Gasteiger partial charge in [-0.15, -0.1) is 6.42 Å². The average molecular weight is 1400 g/mol. The zero-order valence-electron chi connectivity index (χ0n) is 56.0. The molecule has 0 aliphatic carbocycles. The molecule has 510 valence electrons. The van der Waals surface area contributed by atoms with E-state index >= 15 is 0 Å². The molecule has 0 spiro atoms. The summed E-state index contributed by atoms with van der Waals surface area (Å²) in [5.41, 5.74) is 9.13. The third-order valence-corrected chi connectivity index (χ3v) is 25.0. The summed E-state index contributed by atoms with van der Waals surface area (Å²) in [5, 5.41) is 56.4. The normalized spacial score (nSPS) is 21.6. The molecule has 9 atom stereocenters. The number of rotatable bonds is 15. The van der Waals surface area contributed by atoms with E-state index in [4.69, 9.17) is 61.6 Å². The quantitative estimate of drug-likeness (QED) is 0.0128. The number of aliphatic imine (C=N–C) groups is 2. The number of aliphatic hydroxyl groups excluding tert-OH is 6. The molecule has 9 heterocycles. The number of methoxy groups -OCH3 is 2. The van der Waals surface area contributed by atoms with Crippen molar-refractivity contribution in [1.82, 2.24) is 73.3 Å². The first kappa shape index (κ1) is 79.9. The van der Waals surface area contributed by atoms with E-state index in [2.05, 4.69) is 144 Å². The summed E-state index contributed by atoms with van der Waals surface area (Å²) in [6.45, 7) is 21.9. The number of halogens is 2. The zero-order chi connectivity index (χ0) is 68.8. The maximum Gasteiger partial charge on any atom is 0.217 e. The van der Waals surface area contributed by atoms with Crippen LogP contribution in [-0.4, -0.2) is 264 Å². The summed E-state index contributed by atoms with van der Waals surface area (Å²) in [7, 11) is 12.2. The number of anilines is 1. The minimum atomic E-state index is -1.91. The first-order valence-corrected chi connectivity index (χ1v) is 37.1. The van der Waals surface area contributed by atoms with Crippen LogP contribution >= 0.6 is 27.0 Å². The standard InChI is InChI=1S/C19H32N6O3Si.C13H18N6O3.C10H13N5O3.C6H15ClSi.C5H13NO2.C3H3Br.CH4O/c1-19(2,3)29(6,7)27-9-14-13(26)8-15(28-14)25-12-22-16-17(23-11-24(4)5)20-10-21-18(16)25;1-18(2)6-17-12-11-13(15-5-14-12)19(7-16-11)10-3-8(21)9(4-20)22-10;11-9-8-10(13-3-12-9)15(4-14-8)7-1-5(17)6(2-16)18-7;1-6(2,3)8(4,5)7;1-6(2)5(7-3)8-4;1-2-3-4;1-2/h10-15,26H,8-9H2,1-7H3;5-10,20-21H,3-4H2,1-2H3;3-7,16-17H,1-2H2,(H2,11,12,13);1-5H3;5H,1-4H3;1H,3H2;2H,1H3/t13-,14-,15-;8-,9-,10-;5-,6-,7-;;;;/m111..../s1. The molecule has 91 heavy (non-hydrogen) atoms. The van der Waals surface area contributed by atoms with Gasteiger partial charge in [0.1, 0.15) is 61.5 Å². The number of terminal acetylenes is 1. The fraction of sp³-hybridized carbons (Fsp3) is 0.667. The van der Waals surface area contributed by atoms with Gasteiger partial charge in [0.05, 0.1) is 75.1 Å². The largest absolute Gasteiger partial charge is 0.414 e. The molecule has 0 unspecified atom stereocenters. The number of hydrogen-bond donors (Lipinski definition) is 7. The van der Waals surface area contributed by atoms with Crippen molar-refractivity contribution >= 4 is 106 Å². The Kier molecular flexibility index (Phi) is 32.4. The van der Waals surface area contributed by atoms with Crippen molar-refractivity contribution in [3.05, 3.63) is 38.0 Å². The van der Waals surface area contributed by atoms with Crippen molar-refractivity contribution in [2.45, 2.75) is 159 Å². The van der Waals surface area contributed by atoms with Gasteiger partial charge in [-0.2, -0.15) is 11.1 Å². The Bertz CT molecular complexity index is 3190. The van der Waals surface area contributed by atoms with E-state index < -0.39 is 58.7 Å². The summed E-state index contributed by atoms with van der Waals surface area (Å²) < 4.78 is 38.5. The first-order chi connectivity index (χ1) is 42.7. The molecular weight excluding hydrogens is 1300 g/mol. The van der Waals surface area contributed by atoms with Crippen LogP contribution in [0.15, 0.2) is 47.9 Å². The van der Waals surface area contributed by atoms with Crippen LogP contribution in [0.1, 0.15) is 79.5 Å². The van der Waals surface area contributed by atoms with Crippen LogP contribution in [0.5, 0.6) is 0 Å². The van der Waals surface area contributed by atoms with Gasteiger partial charge in [0.15, 0.2) is 61.1 Å². The molecule has 9 rings (SSSR count). The van der Waals surface area contributed by atoms with Crippen LogP contribution in [0.3, 0.4) is 0 Å². The van der Waals surface area contributed by atoms with Gasteiger partial charge >= 0.3 is 0 Å². The van der Waals surface area contributed by atoms with E-state index in [0.717, 1.165) is 7.11 Å². The minimum Gasteiger partial charge on any atom is -0.414 e. The summed E-state index contributed by atoms with van der Waals surface area (Å²) in [4.78, 5) is 51.8. The van der Waals surface area contributed by atoms with Crippen molar-refractivity contribution < 1.29 is 58.7 Å². The van der Waals surface area contributed by atoms with Crippen molar-refractivity contribution in [1.29, 1.82) is 0 Å². The summed E-state index contributed by atoms with van der Waals surface area (Å²) >= 11 is 9.16. The number of imidazole rings is 3. The van der Waals surface area contributed by atoms with Gasteiger partial charge in [-0.1, -0.05) is 76.5 Å². The van der Waals surface area contributed by atoms with E-state index in [1.807, 2.05) is 56.7 Å². The first-order valence-electron chi connectivity index (χ1n) is 29.1. The van der Waals surface area contributed by atoms with E-state index in [0.29, 0.717) is 87.2 Å². The Morgan fingerprint density at radius 3 is 1.30 bits per heavy atom. The van der Waals surface area contributed by atoms with Crippen LogP contribution in [0.2, 0.25) is 36.3 Å². The Morgan fingerprint density at radius 1 is 0.659 bits per heavy atom. The molecule has 0 aromatic carbocycles. The topological polar surface area (TPSA) is 368 Å². The van der Waals surface area contributed by atoms with Crippen LogP contribution < -0.4 is 5.73 Å². The molecule has 3 aliphatic rings. The van der Waals surface area contributed by atoms with E-state index in [9.17, 15) is 20.4 Å². The fourth-order valence-electron chi connectivity index (χ4n) is 7.87. The lowest BCUT2D eigenvalue weighted by Crippen LogP contribution is -2.43. The molecule has 8 N–H and O–H groups in total. The Hall–Kier alpha value is -5.37. The highest BCUT2D eigenvalue weighted by molar-refractivity contribution is 9.09. The van der Waals surface area contributed by atoms with Crippen molar-refractivity contribution in [3.8, 4) is 12.3 Å². The lowest BCUT2D eigenvalue weighted by atomic mass is 10.2. The molecule has 0 saturated carbocycles. The maximum absolute atomic E-state index is 10.5. The third kappa shape index (κ3) is 23.0. The van der Waals surface area contributed by atoms with Crippen LogP contribution in [0.25, 0.3) is 33.5 Å². The highest BCUT2D eigenvalue weighted by Crippen LogP contribution is 2.40. The average Bonchev–Trinajstić information content (AvgIpc) is 1.68. The van der Waals surface area contributed by atoms with E-state index in [-0.39, 0.29) is 37.0 Å². The molecule has 3 aliphatic heterocycles. The van der Waals surface area contributed by atoms with Gasteiger partial charge in [0.25, 0.3) is 0 Å². The zero-order valence-corrected chi connectivity index (χ0v) is 60.3. The number of ether oxygens (including phenoxy) is 5. The molecule has 3 saturated heterocycles. The smallest absolute Gasteiger partial charge is 0.217 e. The number of nitrogen functional groups attached to an aromatic ring is 1. The van der Waals surface area contributed by atoms with E-state index in [1.54, 1.807) is 59.9 Å². The number of aliphatic hydroxyl groups is 6. The lowest BCUT2D eigenvalue weighted by molar-refractivity contribution is -0.179. The van der Waals surface area contributed by atoms with Gasteiger partial charge in [0, 0.05) is 68.8 Å². The predicted molar refractivity (Wildman–Crippen MR) is 360 cm³/mol. The molecule has 0 bridgehead atoms.